The average Bonchev–Trinajstić information content (AvgIpc) is 3.31. The van der Waals surface area contributed by atoms with Crippen LogP contribution in [0.1, 0.15) is 23.0 Å². The van der Waals surface area contributed by atoms with Gasteiger partial charge in [0.15, 0.2) is 15.6 Å². The van der Waals surface area contributed by atoms with Crippen molar-refractivity contribution in [2.45, 2.75) is 23.5 Å². The number of rotatable bonds is 6. The van der Waals surface area contributed by atoms with Gasteiger partial charge in [-0.3, -0.25) is 4.79 Å². The highest BCUT2D eigenvalue weighted by Crippen LogP contribution is 2.54. The summed E-state index contributed by atoms with van der Waals surface area (Å²) in [7, 11) is -2.77. The molecule has 2 unspecified atom stereocenters. The molecule has 0 aliphatic heterocycles. The minimum atomic E-state index is -4.37. The summed E-state index contributed by atoms with van der Waals surface area (Å²) in [5.74, 6) is -3.32. The van der Waals surface area contributed by atoms with E-state index in [1.54, 1.807) is 6.07 Å². The monoisotopic (exact) mass is 422 g/mol. The van der Waals surface area contributed by atoms with Gasteiger partial charge < -0.3 is 9.30 Å². The van der Waals surface area contributed by atoms with Gasteiger partial charge in [-0.25, -0.2) is 13.4 Å². The third-order valence-electron chi connectivity index (χ3n) is 4.26. The summed E-state index contributed by atoms with van der Waals surface area (Å²) in [6, 6.07) is 4.84. The Morgan fingerprint density at radius 3 is 2.63 bits per heavy atom. The summed E-state index contributed by atoms with van der Waals surface area (Å²) in [6.07, 6.45) is -3.50. The lowest BCUT2D eigenvalue weighted by molar-refractivity contribution is -0.150. The number of aromatic nitrogens is 2. The minimum Gasteiger partial charge on any atom is -0.495 e. The van der Waals surface area contributed by atoms with Gasteiger partial charge in [0.1, 0.15) is 27.2 Å². The first-order valence-electron chi connectivity index (χ1n) is 7.74. The minimum absolute atomic E-state index is 0.0768. The molecule has 2 atom stereocenters. The zero-order valence-corrected chi connectivity index (χ0v) is 15.5. The second-order valence-electron chi connectivity index (χ2n) is 6.08. The Morgan fingerprint density at radius 2 is 2.04 bits per heavy atom. The van der Waals surface area contributed by atoms with Crippen molar-refractivity contribution >= 4 is 27.2 Å². The van der Waals surface area contributed by atoms with Crippen molar-refractivity contribution in [3.63, 3.8) is 0 Å². The van der Waals surface area contributed by atoms with E-state index in [1.807, 2.05) is 0 Å². The number of ketones is 1. The first-order chi connectivity index (χ1) is 12.6. The van der Waals surface area contributed by atoms with Crippen molar-refractivity contribution in [3.8, 4) is 5.75 Å². The molecular weight excluding hydrogens is 409 g/mol. The number of hydrogen-bond acceptors (Lipinski definition) is 5. The molecule has 1 aromatic carbocycles. The zero-order valence-electron chi connectivity index (χ0n) is 13.9. The number of carbonyl (C=O) groups excluding carboxylic acids is 1. The molecule has 0 N–H and O–H groups in total. The Morgan fingerprint density at radius 1 is 1.37 bits per heavy atom. The van der Waals surface area contributed by atoms with Crippen molar-refractivity contribution in [2.24, 2.45) is 5.92 Å². The molecule has 27 heavy (non-hydrogen) atoms. The molecule has 3 rings (SSSR count). The Labute approximate surface area is 157 Å². The molecule has 1 fully saturated rings. The number of Topliss-reactive ketones (excluding diaryl/α,β-unsaturated/α-hetero) is 1. The lowest BCUT2D eigenvalue weighted by Crippen LogP contribution is -2.18. The maximum Gasteiger partial charge on any atom is 0.393 e. The van der Waals surface area contributed by atoms with Gasteiger partial charge in [-0.1, -0.05) is 23.7 Å². The summed E-state index contributed by atoms with van der Waals surface area (Å²) in [6.45, 7) is 0. The molecule has 0 amide bonds. The molecule has 0 saturated heterocycles. The molecule has 0 spiro atoms. The van der Waals surface area contributed by atoms with Crippen molar-refractivity contribution < 1.29 is 31.1 Å². The topological polar surface area (TPSA) is 78.3 Å². The number of methoxy groups -OCH3 is 1. The van der Waals surface area contributed by atoms with Gasteiger partial charge in [-0.2, -0.15) is 13.2 Å². The number of imidazole rings is 1. The summed E-state index contributed by atoms with van der Waals surface area (Å²) in [4.78, 5) is 15.9. The molecule has 1 heterocycles. The van der Waals surface area contributed by atoms with E-state index in [1.165, 1.54) is 25.3 Å². The molecule has 1 aromatic heterocycles. The van der Waals surface area contributed by atoms with Gasteiger partial charge in [-0.15, -0.1) is 0 Å². The van der Waals surface area contributed by atoms with Crippen LogP contribution in [0.25, 0.3) is 0 Å². The van der Waals surface area contributed by atoms with Crippen LogP contribution in [0.4, 0.5) is 13.2 Å². The number of carbonyl (C=O) groups is 1. The van der Waals surface area contributed by atoms with Crippen LogP contribution in [0.2, 0.25) is 5.15 Å². The molecule has 6 nitrogen and oxygen atoms in total. The third-order valence-corrected chi connectivity index (χ3v) is 6.28. The Bertz CT molecular complexity index is 988. The van der Waals surface area contributed by atoms with E-state index in [0.717, 1.165) is 10.9 Å². The number of alkyl halides is 3. The van der Waals surface area contributed by atoms with Gasteiger partial charge in [0.25, 0.3) is 0 Å². The first kappa shape index (κ1) is 19.7. The Kier molecular flexibility index (Phi) is 4.98. The molecule has 0 radical (unpaired) electrons. The SMILES string of the molecule is COc1ccccc1S(=O)(=O)CC(=O)c1ncn(C2CC2C(F)(F)F)c1Cl. The van der Waals surface area contributed by atoms with Crippen molar-refractivity contribution in [3.05, 3.63) is 41.4 Å². The summed E-state index contributed by atoms with van der Waals surface area (Å²) < 4.78 is 69.2. The van der Waals surface area contributed by atoms with Gasteiger partial charge in [0, 0.05) is 6.04 Å². The highest BCUT2D eigenvalue weighted by atomic mass is 35.5. The lowest BCUT2D eigenvalue weighted by Gasteiger charge is -2.09. The number of halogens is 4. The number of ether oxygens (including phenoxy) is 1. The van der Waals surface area contributed by atoms with Crippen LogP contribution in [-0.4, -0.2) is 42.8 Å². The van der Waals surface area contributed by atoms with E-state index in [2.05, 4.69) is 4.98 Å². The van der Waals surface area contributed by atoms with E-state index >= 15 is 0 Å². The maximum atomic E-state index is 12.7. The second-order valence-corrected chi connectivity index (χ2v) is 8.39. The standard InChI is InChI=1S/C16H14ClF3N2O4S/c1-26-12-4-2-3-5-13(12)27(24,25)7-11(23)14-15(17)22(8-21-14)10-6-9(10)16(18,19)20/h2-5,8-10H,6-7H2,1H3. The predicted molar refractivity (Wildman–Crippen MR) is 89.8 cm³/mol. The van der Waals surface area contributed by atoms with Crippen LogP contribution in [0.15, 0.2) is 35.5 Å². The van der Waals surface area contributed by atoms with Crippen LogP contribution in [0.5, 0.6) is 5.75 Å². The molecule has 11 heteroatoms. The van der Waals surface area contributed by atoms with Crippen LogP contribution in [0.3, 0.4) is 0 Å². The quantitative estimate of drug-likeness (QED) is 0.667. The molecule has 1 aliphatic rings. The normalized spacial score (nSPS) is 19.7. The third kappa shape index (κ3) is 3.81. The fraction of sp³-hybridized carbons (Fsp3) is 0.375. The van der Waals surface area contributed by atoms with Crippen LogP contribution in [-0.2, 0) is 9.84 Å². The van der Waals surface area contributed by atoms with Gasteiger partial charge in [0.05, 0.1) is 19.4 Å². The fourth-order valence-electron chi connectivity index (χ4n) is 2.80. The summed E-state index contributed by atoms with van der Waals surface area (Å²) in [5, 5.41) is -0.299. The Balaban J connectivity index is 1.82. The van der Waals surface area contributed by atoms with E-state index in [0.29, 0.717) is 0 Å². The van der Waals surface area contributed by atoms with E-state index in [-0.39, 0.29) is 27.9 Å². The fourth-order valence-corrected chi connectivity index (χ4v) is 4.50. The van der Waals surface area contributed by atoms with E-state index in [4.69, 9.17) is 16.3 Å². The Hall–Kier alpha value is -2.07. The highest BCUT2D eigenvalue weighted by molar-refractivity contribution is 7.92. The first-order valence-corrected chi connectivity index (χ1v) is 9.77. The largest absolute Gasteiger partial charge is 0.495 e. The van der Waals surface area contributed by atoms with Crippen LogP contribution in [0, 0.1) is 5.92 Å². The molecule has 0 bridgehead atoms. The second kappa shape index (κ2) is 6.83. The van der Waals surface area contributed by atoms with Crippen molar-refractivity contribution in [2.75, 3.05) is 12.9 Å². The smallest absolute Gasteiger partial charge is 0.393 e. The molecule has 146 valence electrons. The van der Waals surface area contributed by atoms with Crippen LogP contribution < -0.4 is 4.74 Å². The number of sulfone groups is 1. The van der Waals surface area contributed by atoms with Crippen molar-refractivity contribution in [1.82, 2.24) is 9.55 Å². The summed E-state index contributed by atoms with van der Waals surface area (Å²) >= 11 is 6.00. The lowest BCUT2D eigenvalue weighted by atomic mass is 10.3. The van der Waals surface area contributed by atoms with E-state index < -0.39 is 39.5 Å². The number of benzene rings is 1. The summed E-state index contributed by atoms with van der Waals surface area (Å²) in [5.41, 5.74) is -0.372. The van der Waals surface area contributed by atoms with E-state index in [9.17, 15) is 26.4 Å². The predicted octanol–water partition coefficient (Wildman–Crippen LogP) is 3.33. The molecule has 1 saturated carbocycles. The van der Waals surface area contributed by atoms with Gasteiger partial charge >= 0.3 is 6.18 Å². The molecular formula is C16H14ClF3N2O4S. The number of hydrogen-bond donors (Lipinski definition) is 0. The van der Waals surface area contributed by atoms with Crippen LogP contribution >= 0.6 is 11.6 Å². The molecule has 2 aromatic rings. The van der Waals surface area contributed by atoms with Gasteiger partial charge in [0.2, 0.25) is 0 Å². The average molecular weight is 423 g/mol. The van der Waals surface area contributed by atoms with Crippen molar-refractivity contribution in [1.29, 1.82) is 0 Å². The highest BCUT2D eigenvalue weighted by Gasteiger charge is 2.57. The zero-order chi connectivity index (χ0) is 20.0. The van der Waals surface area contributed by atoms with Gasteiger partial charge in [-0.05, 0) is 18.6 Å². The number of nitrogens with zero attached hydrogens (tertiary/aromatic N) is 2. The number of para-hydroxylation sites is 1. The molecule has 1 aliphatic carbocycles. The maximum absolute atomic E-state index is 12.7.